The van der Waals surface area contributed by atoms with Crippen LogP contribution in [0.4, 0.5) is 14.6 Å². The molecule has 41 heavy (non-hydrogen) atoms. The van der Waals surface area contributed by atoms with Crippen LogP contribution in [0.25, 0.3) is 11.0 Å². The highest BCUT2D eigenvalue weighted by Crippen LogP contribution is 2.34. The van der Waals surface area contributed by atoms with Gasteiger partial charge in [-0.05, 0) is 61.1 Å². The zero-order valence-corrected chi connectivity index (χ0v) is 23.2. The first-order valence-electron chi connectivity index (χ1n) is 14.2. The third kappa shape index (κ3) is 5.61. The molecular weight excluding hydrogens is 526 g/mol. The molecule has 4 aromatic rings. The number of carbonyl (C=O) groups is 1. The Morgan fingerprint density at radius 3 is 2.49 bits per heavy atom. The van der Waals surface area contributed by atoms with Gasteiger partial charge in [-0.15, -0.1) is 0 Å². The van der Waals surface area contributed by atoms with E-state index in [9.17, 15) is 13.6 Å². The van der Waals surface area contributed by atoms with Crippen molar-refractivity contribution >= 4 is 22.8 Å². The molecule has 8 nitrogen and oxygen atoms in total. The first kappa shape index (κ1) is 27.1. The summed E-state index contributed by atoms with van der Waals surface area (Å²) in [4.78, 5) is 27.5. The lowest BCUT2D eigenvalue weighted by molar-refractivity contribution is 0.0951. The summed E-state index contributed by atoms with van der Waals surface area (Å²) in [5.74, 6) is -0.0879. The number of fused-ring (bicyclic) bond motifs is 3. The van der Waals surface area contributed by atoms with Gasteiger partial charge in [-0.25, -0.2) is 18.7 Å². The van der Waals surface area contributed by atoms with Crippen molar-refractivity contribution in [1.29, 1.82) is 0 Å². The molecule has 4 heterocycles. The number of carbonyl (C=O) groups excluding carboxylic acids is 1. The molecule has 1 amide bonds. The fraction of sp³-hybridized carbons (Fsp3) is 0.387. The second kappa shape index (κ2) is 11.8. The molecule has 0 spiro atoms. The van der Waals surface area contributed by atoms with Crippen molar-refractivity contribution in [1.82, 2.24) is 24.8 Å². The minimum absolute atomic E-state index is 0.117. The van der Waals surface area contributed by atoms with Gasteiger partial charge in [0.2, 0.25) is 0 Å². The van der Waals surface area contributed by atoms with Gasteiger partial charge in [0.1, 0.15) is 23.1 Å². The van der Waals surface area contributed by atoms with Crippen molar-refractivity contribution in [3.63, 3.8) is 0 Å². The second-order valence-electron chi connectivity index (χ2n) is 10.7. The van der Waals surface area contributed by atoms with E-state index >= 15 is 0 Å². The normalized spacial score (nSPS) is 15.6. The number of nitrogens with zero attached hydrogens (tertiary/aromatic N) is 5. The summed E-state index contributed by atoms with van der Waals surface area (Å²) in [6.07, 6.45) is 5.15. The van der Waals surface area contributed by atoms with Crippen LogP contribution in [0, 0.1) is 11.6 Å². The lowest BCUT2D eigenvalue weighted by Gasteiger charge is -2.35. The third-order valence-corrected chi connectivity index (χ3v) is 8.18. The molecule has 1 N–H and O–H groups in total. The molecule has 0 aliphatic carbocycles. The van der Waals surface area contributed by atoms with E-state index in [0.717, 1.165) is 92.4 Å². The standard InChI is InChI=1S/C31H34F2N6O2/c1-41-23-8-5-22(6-9-23)19-34-31(40)27-26-4-2-3-12-39(26)29-28(27)35-20-36-30(29)38-16-14-37(15-17-38)13-11-21-7-10-24(32)25(33)18-21/h5-10,18,20H,2-4,11-17,19H2,1H3,(H,34,40). The summed E-state index contributed by atoms with van der Waals surface area (Å²) in [5, 5.41) is 3.10. The number of piperazine rings is 1. The Balaban J connectivity index is 1.18. The highest BCUT2D eigenvalue weighted by Gasteiger charge is 2.29. The van der Waals surface area contributed by atoms with Gasteiger partial charge in [0.15, 0.2) is 17.5 Å². The maximum absolute atomic E-state index is 13.6. The summed E-state index contributed by atoms with van der Waals surface area (Å²) in [7, 11) is 1.63. The number of nitrogens with one attached hydrogen (secondary N) is 1. The van der Waals surface area contributed by atoms with E-state index in [1.807, 2.05) is 24.3 Å². The molecule has 0 bridgehead atoms. The van der Waals surface area contributed by atoms with Crippen molar-refractivity contribution in [2.75, 3.05) is 44.7 Å². The number of halogens is 2. The van der Waals surface area contributed by atoms with Crippen LogP contribution < -0.4 is 15.0 Å². The second-order valence-corrected chi connectivity index (χ2v) is 10.7. The van der Waals surface area contributed by atoms with Crippen molar-refractivity contribution < 1.29 is 18.3 Å². The molecule has 0 atom stereocenters. The van der Waals surface area contributed by atoms with E-state index in [1.54, 1.807) is 19.5 Å². The molecule has 1 saturated heterocycles. The average molecular weight is 561 g/mol. The van der Waals surface area contributed by atoms with Gasteiger partial charge in [-0.2, -0.15) is 0 Å². The molecule has 0 saturated carbocycles. The van der Waals surface area contributed by atoms with E-state index in [1.165, 1.54) is 12.1 Å². The first-order chi connectivity index (χ1) is 20.0. The highest BCUT2D eigenvalue weighted by atomic mass is 19.2. The molecule has 2 aliphatic rings. The van der Waals surface area contributed by atoms with Crippen LogP contribution in [0.3, 0.4) is 0 Å². The molecule has 2 aliphatic heterocycles. The molecule has 2 aromatic heterocycles. The van der Waals surface area contributed by atoms with Gasteiger partial charge < -0.3 is 19.5 Å². The van der Waals surface area contributed by atoms with Gasteiger partial charge >= 0.3 is 0 Å². The Labute approximate surface area is 237 Å². The van der Waals surface area contributed by atoms with Crippen LogP contribution in [0.2, 0.25) is 0 Å². The molecule has 10 heteroatoms. The maximum Gasteiger partial charge on any atom is 0.255 e. The number of methoxy groups -OCH3 is 1. The summed E-state index contributed by atoms with van der Waals surface area (Å²) < 4.78 is 34.3. The fourth-order valence-electron chi connectivity index (χ4n) is 5.93. The third-order valence-electron chi connectivity index (χ3n) is 8.18. The SMILES string of the molecule is COc1ccc(CNC(=O)c2c3n(c4c(N5CCN(CCc6ccc(F)c(F)c6)CC5)ncnc24)CCCC3)cc1. The van der Waals surface area contributed by atoms with E-state index in [2.05, 4.69) is 24.7 Å². The van der Waals surface area contributed by atoms with Crippen LogP contribution in [0.5, 0.6) is 5.75 Å². The Morgan fingerprint density at radius 1 is 0.951 bits per heavy atom. The van der Waals surface area contributed by atoms with Gasteiger partial charge in [-0.3, -0.25) is 9.69 Å². The molecule has 214 valence electrons. The molecule has 0 unspecified atom stereocenters. The molecule has 1 fully saturated rings. The van der Waals surface area contributed by atoms with Crippen LogP contribution in [0.15, 0.2) is 48.8 Å². The minimum atomic E-state index is -0.816. The minimum Gasteiger partial charge on any atom is -0.497 e. The van der Waals surface area contributed by atoms with Gasteiger partial charge in [-0.1, -0.05) is 18.2 Å². The van der Waals surface area contributed by atoms with E-state index in [0.29, 0.717) is 24.0 Å². The summed E-state index contributed by atoms with van der Waals surface area (Å²) in [6, 6.07) is 11.8. The number of rotatable bonds is 8. The zero-order chi connectivity index (χ0) is 28.3. The number of aromatic nitrogens is 3. The predicted octanol–water partition coefficient (Wildman–Crippen LogP) is 4.35. The lowest BCUT2D eigenvalue weighted by atomic mass is 10.1. The van der Waals surface area contributed by atoms with E-state index in [4.69, 9.17) is 9.72 Å². The predicted molar refractivity (Wildman–Crippen MR) is 153 cm³/mol. The number of ether oxygens (including phenoxy) is 1. The van der Waals surface area contributed by atoms with Crippen LogP contribution >= 0.6 is 0 Å². The van der Waals surface area contributed by atoms with Crippen molar-refractivity contribution in [3.05, 3.63) is 82.8 Å². The Morgan fingerprint density at radius 2 is 1.73 bits per heavy atom. The van der Waals surface area contributed by atoms with Gasteiger partial charge in [0, 0.05) is 51.5 Å². The quantitative estimate of drug-likeness (QED) is 0.346. The summed E-state index contributed by atoms with van der Waals surface area (Å²) in [5.41, 5.74) is 5.12. The maximum atomic E-state index is 13.6. The number of benzene rings is 2. The number of aryl methyl sites for hydroxylation is 1. The van der Waals surface area contributed by atoms with Crippen molar-refractivity contribution in [2.24, 2.45) is 0 Å². The topological polar surface area (TPSA) is 75.5 Å². The first-order valence-corrected chi connectivity index (χ1v) is 14.2. The van der Waals surface area contributed by atoms with Crippen LogP contribution in [-0.4, -0.2) is 65.2 Å². The fourth-order valence-corrected chi connectivity index (χ4v) is 5.93. The monoisotopic (exact) mass is 560 g/mol. The van der Waals surface area contributed by atoms with Crippen molar-refractivity contribution in [3.8, 4) is 5.75 Å². The Bertz CT molecular complexity index is 1550. The van der Waals surface area contributed by atoms with Gasteiger partial charge in [0.25, 0.3) is 5.91 Å². The Kier molecular flexibility index (Phi) is 7.82. The molecule has 0 radical (unpaired) electrons. The van der Waals surface area contributed by atoms with Crippen LogP contribution in [0.1, 0.15) is 40.0 Å². The highest BCUT2D eigenvalue weighted by molar-refractivity contribution is 6.09. The number of amides is 1. The van der Waals surface area contributed by atoms with Crippen LogP contribution in [-0.2, 0) is 25.9 Å². The Hall–Kier alpha value is -4.05. The van der Waals surface area contributed by atoms with Crippen molar-refractivity contribution in [2.45, 2.75) is 38.8 Å². The average Bonchev–Trinajstić information content (AvgIpc) is 3.36. The van der Waals surface area contributed by atoms with Gasteiger partial charge in [0.05, 0.1) is 12.7 Å². The zero-order valence-electron chi connectivity index (χ0n) is 23.2. The molecular formula is C31H34F2N6O2. The number of hydrogen-bond acceptors (Lipinski definition) is 6. The molecule has 6 rings (SSSR count). The lowest BCUT2D eigenvalue weighted by Crippen LogP contribution is -2.47. The smallest absolute Gasteiger partial charge is 0.255 e. The van der Waals surface area contributed by atoms with E-state index < -0.39 is 11.6 Å². The summed E-state index contributed by atoms with van der Waals surface area (Å²) in [6.45, 7) is 5.26. The largest absolute Gasteiger partial charge is 0.497 e. The number of hydrogen-bond donors (Lipinski definition) is 1. The number of anilines is 1. The summed E-state index contributed by atoms with van der Waals surface area (Å²) >= 11 is 0. The molecule has 2 aromatic carbocycles. The van der Waals surface area contributed by atoms with E-state index in [-0.39, 0.29) is 5.91 Å².